The predicted molar refractivity (Wildman–Crippen MR) is 106 cm³/mol. The molecule has 0 unspecified atom stereocenters. The molecule has 1 aliphatic rings. The Morgan fingerprint density at radius 3 is 2.31 bits per heavy atom. The SMILES string of the molecule is O=C(NO)C1(S(=O)(=O)c2ccc(-c3cnc(CCCC(F)(F)F)cn3)cc2)CCOCC1. The first kappa shape index (κ1) is 24.1. The summed E-state index contributed by atoms with van der Waals surface area (Å²) in [6.07, 6.45) is -2.44. The zero-order valence-corrected chi connectivity index (χ0v) is 17.7. The monoisotopic (exact) mass is 473 g/mol. The quantitative estimate of drug-likeness (QED) is 0.469. The Morgan fingerprint density at radius 1 is 1.12 bits per heavy atom. The van der Waals surface area contributed by atoms with E-state index in [-0.39, 0.29) is 43.8 Å². The Bertz CT molecular complexity index is 1040. The van der Waals surface area contributed by atoms with E-state index < -0.39 is 33.1 Å². The third-order valence-corrected chi connectivity index (χ3v) is 7.90. The lowest BCUT2D eigenvalue weighted by atomic mass is 9.98. The highest BCUT2D eigenvalue weighted by molar-refractivity contribution is 7.93. The van der Waals surface area contributed by atoms with Crippen LogP contribution in [0.4, 0.5) is 13.2 Å². The van der Waals surface area contributed by atoms with Gasteiger partial charge in [0, 0.05) is 31.4 Å². The van der Waals surface area contributed by atoms with Crippen molar-refractivity contribution in [2.45, 2.75) is 47.9 Å². The molecule has 1 aromatic heterocycles. The van der Waals surface area contributed by atoms with E-state index in [9.17, 15) is 26.4 Å². The summed E-state index contributed by atoms with van der Waals surface area (Å²) in [7, 11) is -4.14. The summed E-state index contributed by atoms with van der Waals surface area (Å²) in [6, 6.07) is 5.69. The van der Waals surface area contributed by atoms with Crippen LogP contribution in [0, 0.1) is 0 Å². The fourth-order valence-electron chi connectivity index (χ4n) is 3.55. The van der Waals surface area contributed by atoms with Gasteiger partial charge < -0.3 is 4.74 Å². The molecule has 0 bridgehead atoms. The minimum Gasteiger partial charge on any atom is -0.381 e. The number of rotatable bonds is 7. The van der Waals surface area contributed by atoms with Gasteiger partial charge in [-0.2, -0.15) is 13.2 Å². The normalized spacial score (nSPS) is 16.5. The van der Waals surface area contributed by atoms with Crippen LogP contribution < -0.4 is 5.48 Å². The topological polar surface area (TPSA) is 118 Å². The van der Waals surface area contributed by atoms with Gasteiger partial charge in [-0.25, -0.2) is 13.9 Å². The zero-order chi connectivity index (χ0) is 23.4. The number of hydrogen-bond acceptors (Lipinski definition) is 7. The molecule has 0 saturated carbocycles. The number of carbonyl (C=O) groups excluding carboxylic acids is 1. The van der Waals surface area contributed by atoms with E-state index in [0.29, 0.717) is 17.0 Å². The Balaban J connectivity index is 1.77. The lowest BCUT2D eigenvalue weighted by Crippen LogP contribution is -2.54. The molecule has 1 amide bonds. The largest absolute Gasteiger partial charge is 0.389 e. The highest BCUT2D eigenvalue weighted by Crippen LogP contribution is 2.36. The molecule has 2 aromatic rings. The smallest absolute Gasteiger partial charge is 0.381 e. The van der Waals surface area contributed by atoms with Crippen LogP contribution in [0.25, 0.3) is 11.3 Å². The molecule has 1 aliphatic heterocycles. The van der Waals surface area contributed by atoms with E-state index in [1.807, 2.05) is 0 Å². The van der Waals surface area contributed by atoms with Gasteiger partial charge in [0.15, 0.2) is 14.6 Å². The summed E-state index contributed by atoms with van der Waals surface area (Å²) < 4.78 is 66.6. The molecule has 2 N–H and O–H groups in total. The average molecular weight is 473 g/mol. The maximum atomic E-state index is 13.2. The van der Waals surface area contributed by atoms with Crippen molar-refractivity contribution in [3.63, 3.8) is 0 Å². The summed E-state index contributed by atoms with van der Waals surface area (Å²) in [6.45, 7) is 0.130. The van der Waals surface area contributed by atoms with Crippen molar-refractivity contribution >= 4 is 15.7 Å². The first-order valence-electron chi connectivity index (χ1n) is 9.84. The Labute approximate surface area is 182 Å². The number of hydrogen-bond donors (Lipinski definition) is 2. The summed E-state index contributed by atoms with van der Waals surface area (Å²) in [5.41, 5.74) is 2.85. The third kappa shape index (κ3) is 5.08. The molecule has 2 heterocycles. The maximum absolute atomic E-state index is 13.2. The van der Waals surface area contributed by atoms with E-state index in [2.05, 4.69) is 9.97 Å². The Kier molecular flexibility index (Phi) is 7.16. The molecule has 12 heteroatoms. The number of aryl methyl sites for hydroxylation is 1. The van der Waals surface area contributed by atoms with Crippen LogP contribution in [0.15, 0.2) is 41.6 Å². The fourth-order valence-corrected chi connectivity index (χ4v) is 5.49. The Morgan fingerprint density at radius 2 is 1.78 bits per heavy atom. The second-order valence-corrected chi connectivity index (χ2v) is 9.70. The number of sulfone groups is 1. The lowest BCUT2D eigenvalue weighted by Gasteiger charge is -2.34. The number of alkyl halides is 3. The van der Waals surface area contributed by atoms with Crippen LogP contribution in [-0.4, -0.2) is 53.6 Å². The standard InChI is InChI=1S/C20H22F3N3O5S/c21-20(22,23)7-1-2-15-12-25-17(13-24-15)14-3-5-16(6-4-14)32(29,30)19(18(27)26-28)8-10-31-11-9-19/h3-6,12-13,28H,1-2,7-11H2,(H,26,27). The molecular weight excluding hydrogens is 451 g/mol. The van der Waals surface area contributed by atoms with Crippen molar-refractivity contribution < 1.29 is 36.3 Å². The van der Waals surface area contributed by atoms with Crippen LogP contribution >= 0.6 is 0 Å². The second kappa shape index (κ2) is 9.51. The van der Waals surface area contributed by atoms with E-state index in [1.54, 1.807) is 0 Å². The van der Waals surface area contributed by atoms with Gasteiger partial charge >= 0.3 is 6.18 Å². The number of nitrogens with one attached hydrogen (secondary N) is 1. The molecule has 0 radical (unpaired) electrons. The van der Waals surface area contributed by atoms with Crippen LogP contribution in [0.1, 0.15) is 31.4 Å². The van der Waals surface area contributed by atoms with E-state index in [4.69, 9.17) is 9.94 Å². The van der Waals surface area contributed by atoms with Gasteiger partial charge in [0.2, 0.25) is 0 Å². The number of amides is 1. The fraction of sp³-hybridized carbons (Fsp3) is 0.450. The van der Waals surface area contributed by atoms with Crippen molar-refractivity contribution in [3.05, 3.63) is 42.4 Å². The average Bonchev–Trinajstić information content (AvgIpc) is 2.78. The summed E-state index contributed by atoms with van der Waals surface area (Å²) in [4.78, 5) is 20.5. The molecule has 3 rings (SSSR count). The molecule has 1 fully saturated rings. The van der Waals surface area contributed by atoms with Crippen molar-refractivity contribution in [2.75, 3.05) is 13.2 Å². The highest BCUT2D eigenvalue weighted by atomic mass is 32.2. The van der Waals surface area contributed by atoms with Crippen LogP contribution in [0.2, 0.25) is 0 Å². The summed E-state index contributed by atoms with van der Waals surface area (Å²) in [5, 5.41) is 9.10. The number of hydroxylamine groups is 1. The molecule has 32 heavy (non-hydrogen) atoms. The summed E-state index contributed by atoms with van der Waals surface area (Å²) in [5.74, 6) is -1.00. The van der Waals surface area contributed by atoms with Gasteiger partial charge in [0.25, 0.3) is 5.91 Å². The molecule has 0 spiro atoms. The number of benzene rings is 1. The molecule has 0 aliphatic carbocycles. The number of nitrogens with zero attached hydrogens (tertiary/aromatic N) is 2. The number of ether oxygens (including phenoxy) is 1. The number of carbonyl (C=O) groups is 1. The molecule has 1 saturated heterocycles. The van der Waals surface area contributed by atoms with Crippen molar-refractivity contribution in [1.29, 1.82) is 0 Å². The molecule has 174 valence electrons. The minimum absolute atomic E-state index is 0.0651. The van der Waals surface area contributed by atoms with Gasteiger partial charge in [-0.05, 0) is 37.8 Å². The molecule has 0 atom stereocenters. The zero-order valence-electron chi connectivity index (χ0n) is 16.9. The van der Waals surface area contributed by atoms with Crippen LogP contribution in [0.3, 0.4) is 0 Å². The molecular formula is C20H22F3N3O5S. The molecule has 1 aromatic carbocycles. The lowest BCUT2D eigenvalue weighted by molar-refractivity contribution is -0.135. The number of halogens is 3. The van der Waals surface area contributed by atoms with Crippen molar-refractivity contribution in [2.24, 2.45) is 0 Å². The highest BCUT2D eigenvalue weighted by Gasteiger charge is 2.52. The van der Waals surface area contributed by atoms with Crippen LogP contribution in [-0.2, 0) is 25.8 Å². The Hall–Kier alpha value is -2.57. The van der Waals surface area contributed by atoms with Crippen molar-refractivity contribution in [1.82, 2.24) is 15.4 Å². The van der Waals surface area contributed by atoms with Gasteiger partial charge in [-0.15, -0.1) is 0 Å². The first-order valence-corrected chi connectivity index (χ1v) is 11.3. The maximum Gasteiger partial charge on any atom is 0.389 e. The molecule has 8 nitrogen and oxygen atoms in total. The van der Waals surface area contributed by atoms with Gasteiger partial charge in [0.1, 0.15) is 0 Å². The van der Waals surface area contributed by atoms with Gasteiger partial charge in [-0.1, -0.05) is 12.1 Å². The van der Waals surface area contributed by atoms with E-state index in [1.165, 1.54) is 42.1 Å². The summed E-state index contributed by atoms with van der Waals surface area (Å²) >= 11 is 0. The van der Waals surface area contributed by atoms with Crippen molar-refractivity contribution in [3.8, 4) is 11.3 Å². The number of aromatic nitrogens is 2. The third-order valence-electron chi connectivity index (χ3n) is 5.39. The van der Waals surface area contributed by atoms with Gasteiger partial charge in [-0.3, -0.25) is 20.0 Å². The second-order valence-electron chi connectivity index (χ2n) is 7.44. The predicted octanol–water partition coefficient (Wildman–Crippen LogP) is 2.86. The van der Waals surface area contributed by atoms with E-state index >= 15 is 0 Å². The van der Waals surface area contributed by atoms with Gasteiger partial charge in [0.05, 0.1) is 22.5 Å². The van der Waals surface area contributed by atoms with Crippen LogP contribution in [0.5, 0.6) is 0 Å². The van der Waals surface area contributed by atoms with E-state index in [0.717, 1.165) is 0 Å². The first-order chi connectivity index (χ1) is 15.1. The minimum atomic E-state index is -4.21.